The first-order chi connectivity index (χ1) is 8.65. The van der Waals surface area contributed by atoms with Crippen LogP contribution in [0.15, 0.2) is 41.5 Å². The van der Waals surface area contributed by atoms with Crippen molar-refractivity contribution in [1.29, 1.82) is 0 Å². The van der Waals surface area contributed by atoms with Gasteiger partial charge < -0.3 is 5.73 Å². The maximum absolute atomic E-state index is 11.7. The highest BCUT2D eigenvalue weighted by Gasteiger charge is 2.02. The predicted octanol–water partition coefficient (Wildman–Crippen LogP) is 2.40. The number of nitrogens with zero attached hydrogens (tertiary/aromatic N) is 1. The summed E-state index contributed by atoms with van der Waals surface area (Å²) >= 11 is 1.62. The third-order valence-electron chi connectivity index (χ3n) is 2.29. The Bertz CT molecular complexity index is 572. The van der Waals surface area contributed by atoms with Crippen molar-refractivity contribution < 1.29 is 4.79 Å². The summed E-state index contributed by atoms with van der Waals surface area (Å²) in [7, 11) is 0. The molecule has 4 nitrogen and oxygen atoms in total. The number of carbonyl (C=O) groups is 1. The van der Waals surface area contributed by atoms with Crippen molar-refractivity contribution in [3.63, 3.8) is 0 Å². The number of rotatable bonds is 3. The highest BCUT2D eigenvalue weighted by Crippen LogP contribution is 2.12. The van der Waals surface area contributed by atoms with E-state index >= 15 is 0 Å². The summed E-state index contributed by atoms with van der Waals surface area (Å²) in [5.74, 6) is -0.250. The molecule has 0 aliphatic heterocycles. The molecule has 0 spiro atoms. The monoisotopic (exact) mass is 259 g/mol. The molecule has 5 heteroatoms. The molecule has 18 heavy (non-hydrogen) atoms. The summed E-state index contributed by atoms with van der Waals surface area (Å²) in [5, 5.41) is 3.91. The van der Waals surface area contributed by atoms with Crippen molar-refractivity contribution in [2.75, 3.05) is 5.73 Å². The lowest BCUT2D eigenvalue weighted by Gasteiger charge is -1.99. The van der Waals surface area contributed by atoms with Crippen LogP contribution < -0.4 is 11.2 Å². The zero-order chi connectivity index (χ0) is 13.0. The fourth-order valence-electron chi connectivity index (χ4n) is 1.38. The number of thiophene rings is 1. The number of nitrogens with one attached hydrogen (secondary N) is 1. The molecule has 0 fully saturated rings. The van der Waals surface area contributed by atoms with Crippen molar-refractivity contribution in [2.24, 2.45) is 5.10 Å². The lowest BCUT2D eigenvalue weighted by molar-refractivity contribution is 0.0955. The van der Waals surface area contributed by atoms with Crippen LogP contribution in [0.3, 0.4) is 0 Å². The topological polar surface area (TPSA) is 67.5 Å². The van der Waals surface area contributed by atoms with Crippen LogP contribution in [0.1, 0.15) is 20.1 Å². The molecule has 3 N–H and O–H groups in total. The van der Waals surface area contributed by atoms with Crippen LogP contribution in [0.25, 0.3) is 0 Å². The van der Waals surface area contributed by atoms with Crippen LogP contribution in [0, 0.1) is 6.92 Å². The maximum Gasteiger partial charge on any atom is 0.271 e. The SMILES string of the molecule is Cc1ccc(/C=N/NC(=O)c2ccc(N)cc2)s1. The number of amides is 1. The summed E-state index contributed by atoms with van der Waals surface area (Å²) in [6.07, 6.45) is 1.63. The summed E-state index contributed by atoms with van der Waals surface area (Å²) in [4.78, 5) is 13.9. The fourth-order valence-corrected chi connectivity index (χ4v) is 2.13. The van der Waals surface area contributed by atoms with E-state index in [0.717, 1.165) is 4.88 Å². The molecule has 0 saturated carbocycles. The van der Waals surface area contributed by atoms with Gasteiger partial charge in [0.2, 0.25) is 0 Å². The van der Waals surface area contributed by atoms with E-state index in [1.165, 1.54) is 4.88 Å². The molecule has 1 heterocycles. The Hall–Kier alpha value is -2.14. The van der Waals surface area contributed by atoms with Crippen LogP contribution in [-0.2, 0) is 0 Å². The summed E-state index contributed by atoms with van der Waals surface area (Å²) in [5.41, 5.74) is 9.18. The second kappa shape index (κ2) is 5.46. The highest BCUT2D eigenvalue weighted by molar-refractivity contribution is 7.13. The third-order valence-corrected chi connectivity index (χ3v) is 3.23. The first-order valence-corrected chi connectivity index (χ1v) is 6.22. The van der Waals surface area contributed by atoms with Gasteiger partial charge in [0.1, 0.15) is 0 Å². The van der Waals surface area contributed by atoms with Gasteiger partial charge in [0.15, 0.2) is 0 Å². The minimum atomic E-state index is -0.250. The van der Waals surface area contributed by atoms with Crippen molar-refractivity contribution in [2.45, 2.75) is 6.92 Å². The quantitative estimate of drug-likeness (QED) is 0.505. The zero-order valence-electron chi connectivity index (χ0n) is 9.88. The summed E-state index contributed by atoms with van der Waals surface area (Å²) in [6.45, 7) is 2.02. The Kier molecular flexibility index (Phi) is 3.74. The minimum Gasteiger partial charge on any atom is -0.399 e. The molecular weight excluding hydrogens is 246 g/mol. The van der Waals surface area contributed by atoms with E-state index in [4.69, 9.17) is 5.73 Å². The number of nitrogens with two attached hydrogens (primary N) is 1. The van der Waals surface area contributed by atoms with E-state index < -0.39 is 0 Å². The molecule has 0 atom stereocenters. The van der Waals surface area contributed by atoms with Gasteiger partial charge in [-0.05, 0) is 43.3 Å². The molecule has 1 aromatic carbocycles. The Labute approximate surface area is 109 Å². The lowest BCUT2D eigenvalue weighted by Crippen LogP contribution is -2.17. The van der Waals surface area contributed by atoms with E-state index in [1.54, 1.807) is 41.8 Å². The average Bonchev–Trinajstić information content (AvgIpc) is 2.76. The van der Waals surface area contributed by atoms with Gasteiger partial charge in [-0.2, -0.15) is 5.10 Å². The van der Waals surface area contributed by atoms with Gasteiger partial charge in [-0.15, -0.1) is 11.3 Å². The van der Waals surface area contributed by atoms with Gasteiger partial charge in [-0.3, -0.25) is 4.79 Å². The van der Waals surface area contributed by atoms with E-state index in [-0.39, 0.29) is 5.91 Å². The fraction of sp³-hybridized carbons (Fsp3) is 0.0769. The van der Waals surface area contributed by atoms with E-state index in [2.05, 4.69) is 10.5 Å². The van der Waals surface area contributed by atoms with Crippen LogP contribution in [-0.4, -0.2) is 12.1 Å². The average molecular weight is 259 g/mol. The van der Waals surface area contributed by atoms with Gasteiger partial charge in [-0.1, -0.05) is 0 Å². The van der Waals surface area contributed by atoms with Crippen molar-refractivity contribution in [3.05, 3.63) is 51.7 Å². The van der Waals surface area contributed by atoms with Crippen LogP contribution in [0.2, 0.25) is 0 Å². The third kappa shape index (κ3) is 3.18. The van der Waals surface area contributed by atoms with Gasteiger partial charge in [0.25, 0.3) is 5.91 Å². The Morgan fingerprint density at radius 1 is 1.28 bits per heavy atom. The number of anilines is 1. The normalized spacial score (nSPS) is 10.7. The second-order valence-corrected chi connectivity index (χ2v) is 5.09. The van der Waals surface area contributed by atoms with Gasteiger partial charge >= 0.3 is 0 Å². The smallest absolute Gasteiger partial charge is 0.271 e. The van der Waals surface area contributed by atoms with Gasteiger partial charge in [0.05, 0.1) is 6.21 Å². The number of hydrazone groups is 1. The minimum absolute atomic E-state index is 0.250. The molecule has 0 aliphatic carbocycles. The van der Waals surface area contributed by atoms with Crippen LogP contribution in [0.5, 0.6) is 0 Å². The first-order valence-electron chi connectivity index (χ1n) is 5.40. The van der Waals surface area contributed by atoms with Crippen molar-refractivity contribution in [1.82, 2.24) is 5.43 Å². The van der Waals surface area contributed by atoms with Gasteiger partial charge in [-0.25, -0.2) is 5.43 Å². The molecule has 0 unspecified atom stereocenters. The number of carbonyl (C=O) groups excluding carboxylic acids is 1. The standard InChI is InChI=1S/C13H13N3OS/c1-9-2-7-12(18-9)8-15-16-13(17)10-3-5-11(14)6-4-10/h2-8H,14H2,1H3,(H,16,17)/b15-8+. The molecule has 2 rings (SSSR count). The van der Waals surface area contributed by atoms with E-state index in [1.807, 2.05) is 19.1 Å². The molecule has 0 saturated heterocycles. The van der Waals surface area contributed by atoms with Gasteiger partial charge in [0, 0.05) is 21.0 Å². The predicted molar refractivity (Wildman–Crippen MR) is 75.0 cm³/mol. The largest absolute Gasteiger partial charge is 0.399 e. The number of nitrogen functional groups attached to an aromatic ring is 1. The molecule has 92 valence electrons. The number of hydrogen-bond donors (Lipinski definition) is 2. The molecule has 1 amide bonds. The number of hydrogen-bond acceptors (Lipinski definition) is 4. The molecule has 2 aromatic rings. The molecule has 1 aromatic heterocycles. The van der Waals surface area contributed by atoms with Crippen LogP contribution in [0.4, 0.5) is 5.69 Å². The Morgan fingerprint density at radius 3 is 2.61 bits per heavy atom. The van der Waals surface area contributed by atoms with Crippen molar-refractivity contribution in [3.8, 4) is 0 Å². The first kappa shape index (κ1) is 12.3. The zero-order valence-corrected chi connectivity index (χ0v) is 10.7. The van der Waals surface area contributed by atoms with Crippen molar-refractivity contribution >= 4 is 29.1 Å². The Morgan fingerprint density at radius 2 is 2.00 bits per heavy atom. The molecular formula is C13H13N3OS. The Balaban J connectivity index is 1.96. The maximum atomic E-state index is 11.7. The number of benzene rings is 1. The summed E-state index contributed by atoms with van der Waals surface area (Å²) < 4.78 is 0. The number of aryl methyl sites for hydroxylation is 1. The molecule has 0 aliphatic rings. The lowest BCUT2D eigenvalue weighted by atomic mass is 10.2. The highest BCUT2D eigenvalue weighted by atomic mass is 32.1. The molecule has 0 radical (unpaired) electrons. The molecule has 0 bridgehead atoms. The second-order valence-electron chi connectivity index (χ2n) is 3.77. The van der Waals surface area contributed by atoms with Crippen LogP contribution >= 0.6 is 11.3 Å². The van der Waals surface area contributed by atoms with E-state index in [9.17, 15) is 4.79 Å². The summed E-state index contributed by atoms with van der Waals surface area (Å²) in [6, 6.07) is 10.7. The van der Waals surface area contributed by atoms with E-state index in [0.29, 0.717) is 11.3 Å².